The molecule has 3 aliphatic carbocycles. The predicted molar refractivity (Wildman–Crippen MR) is 46.2 cm³/mol. The largest absolute Gasteiger partial charge is 0.0622 e. The average molecular weight is 150 g/mol. The Bertz CT molecular complexity index is 196. The Balaban J connectivity index is 1.88. The molecule has 3 aliphatic rings. The Morgan fingerprint density at radius 1 is 1.27 bits per heavy atom. The summed E-state index contributed by atoms with van der Waals surface area (Å²) in [6, 6.07) is 0. The van der Waals surface area contributed by atoms with Gasteiger partial charge in [0.2, 0.25) is 0 Å². The van der Waals surface area contributed by atoms with Gasteiger partial charge in [0.1, 0.15) is 0 Å². The third-order valence-electron chi connectivity index (χ3n) is 5.02. The second-order valence-corrected chi connectivity index (χ2v) is 5.47. The topological polar surface area (TPSA) is 0 Å². The lowest BCUT2D eigenvalue weighted by molar-refractivity contribution is 0.00699. The van der Waals surface area contributed by atoms with Crippen LogP contribution in [0.3, 0.4) is 0 Å². The molecule has 0 nitrogen and oxygen atoms in total. The van der Waals surface area contributed by atoms with Gasteiger partial charge in [0.25, 0.3) is 0 Å². The van der Waals surface area contributed by atoms with Crippen LogP contribution >= 0.6 is 0 Å². The first-order valence-corrected chi connectivity index (χ1v) is 5.22. The van der Waals surface area contributed by atoms with Crippen LogP contribution in [0, 0.1) is 29.1 Å². The molecular weight excluding hydrogens is 132 g/mol. The first-order chi connectivity index (χ1) is 5.22. The Morgan fingerprint density at radius 2 is 2.09 bits per heavy atom. The monoisotopic (exact) mass is 150 g/mol. The van der Waals surface area contributed by atoms with Gasteiger partial charge in [-0.15, -0.1) is 0 Å². The third kappa shape index (κ3) is 0.625. The molecule has 62 valence electrons. The molecule has 0 spiro atoms. The molecule has 5 atom stereocenters. The fraction of sp³-hybridized carbons (Fsp3) is 1.00. The van der Waals surface area contributed by atoms with Gasteiger partial charge >= 0.3 is 0 Å². The normalized spacial score (nSPS) is 66.0. The third-order valence-corrected chi connectivity index (χ3v) is 5.02. The number of hydrogen-bond donors (Lipinski definition) is 0. The maximum Gasteiger partial charge on any atom is -0.0263 e. The van der Waals surface area contributed by atoms with Gasteiger partial charge in [0, 0.05) is 0 Å². The van der Waals surface area contributed by atoms with Gasteiger partial charge in [-0.2, -0.15) is 0 Å². The van der Waals surface area contributed by atoms with Crippen molar-refractivity contribution in [2.24, 2.45) is 29.1 Å². The highest BCUT2D eigenvalue weighted by Crippen LogP contribution is 2.71. The second kappa shape index (κ2) is 1.67. The zero-order chi connectivity index (χ0) is 7.64. The standard InChI is InChI=1S/C11H18/c1-7-5-8-6-11(8,2)10-4-3-9(7)10/h7-10H,3-6H2,1-2H3. The molecule has 0 saturated heterocycles. The SMILES string of the molecule is CC1CC2CC2(C)C2CCC12. The summed E-state index contributed by atoms with van der Waals surface area (Å²) in [5.74, 6) is 4.49. The van der Waals surface area contributed by atoms with Crippen molar-refractivity contribution in [2.45, 2.75) is 39.5 Å². The van der Waals surface area contributed by atoms with Crippen LogP contribution in [0.4, 0.5) is 0 Å². The summed E-state index contributed by atoms with van der Waals surface area (Å²) in [5, 5.41) is 0. The van der Waals surface area contributed by atoms with Crippen LogP contribution in [0.2, 0.25) is 0 Å². The molecule has 0 aromatic heterocycles. The summed E-state index contributed by atoms with van der Waals surface area (Å²) in [7, 11) is 0. The molecule has 0 N–H and O–H groups in total. The van der Waals surface area contributed by atoms with Crippen LogP contribution in [0.15, 0.2) is 0 Å². The van der Waals surface area contributed by atoms with Gasteiger partial charge in [0.05, 0.1) is 0 Å². The summed E-state index contributed by atoms with van der Waals surface area (Å²) in [6.07, 6.45) is 6.23. The Morgan fingerprint density at radius 3 is 2.73 bits per heavy atom. The minimum absolute atomic E-state index is 0.843. The van der Waals surface area contributed by atoms with Crippen molar-refractivity contribution >= 4 is 0 Å². The van der Waals surface area contributed by atoms with Crippen molar-refractivity contribution in [1.82, 2.24) is 0 Å². The minimum Gasteiger partial charge on any atom is -0.0622 e. The fourth-order valence-corrected chi connectivity index (χ4v) is 3.93. The molecule has 3 fully saturated rings. The highest BCUT2D eigenvalue weighted by Gasteiger charge is 2.63. The van der Waals surface area contributed by atoms with Crippen LogP contribution in [0.5, 0.6) is 0 Å². The van der Waals surface area contributed by atoms with E-state index in [1.165, 1.54) is 0 Å². The second-order valence-electron chi connectivity index (χ2n) is 5.47. The first-order valence-electron chi connectivity index (χ1n) is 5.22. The van der Waals surface area contributed by atoms with E-state index in [0.29, 0.717) is 0 Å². The predicted octanol–water partition coefficient (Wildman–Crippen LogP) is 3.08. The van der Waals surface area contributed by atoms with E-state index in [1.54, 1.807) is 25.7 Å². The van der Waals surface area contributed by atoms with E-state index < -0.39 is 0 Å². The molecule has 0 aliphatic heterocycles. The summed E-state index contributed by atoms with van der Waals surface area (Å²) < 4.78 is 0. The van der Waals surface area contributed by atoms with Crippen LogP contribution in [0.25, 0.3) is 0 Å². The molecule has 0 aromatic rings. The van der Waals surface area contributed by atoms with E-state index in [1.807, 2.05) is 0 Å². The van der Waals surface area contributed by atoms with E-state index in [4.69, 9.17) is 0 Å². The van der Waals surface area contributed by atoms with Gasteiger partial charge in [-0.3, -0.25) is 0 Å². The maximum atomic E-state index is 2.54. The van der Waals surface area contributed by atoms with Crippen molar-refractivity contribution in [3.8, 4) is 0 Å². The molecule has 11 heavy (non-hydrogen) atoms. The number of hydrogen-bond acceptors (Lipinski definition) is 0. The van der Waals surface area contributed by atoms with E-state index in [9.17, 15) is 0 Å². The minimum atomic E-state index is 0.843. The molecule has 0 heteroatoms. The zero-order valence-corrected chi connectivity index (χ0v) is 7.64. The Labute approximate surface area is 69.4 Å². The lowest BCUT2D eigenvalue weighted by Gasteiger charge is -2.48. The van der Waals surface area contributed by atoms with Gasteiger partial charge in [-0.1, -0.05) is 13.8 Å². The molecule has 3 rings (SSSR count). The van der Waals surface area contributed by atoms with E-state index in [2.05, 4.69) is 13.8 Å². The highest BCUT2D eigenvalue weighted by molar-refractivity contribution is 5.12. The van der Waals surface area contributed by atoms with Gasteiger partial charge < -0.3 is 0 Å². The van der Waals surface area contributed by atoms with Gasteiger partial charge in [0.15, 0.2) is 0 Å². The average Bonchev–Trinajstić information content (AvgIpc) is 2.36. The molecule has 0 bridgehead atoms. The lowest BCUT2D eigenvalue weighted by Crippen LogP contribution is -2.41. The van der Waals surface area contributed by atoms with Crippen LogP contribution in [-0.2, 0) is 0 Å². The Hall–Kier alpha value is 0. The van der Waals surface area contributed by atoms with Crippen molar-refractivity contribution in [3.05, 3.63) is 0 Å². The van der Waals surface area contributed by atoms with Crippen molar-refractivity contribution in [2.75, 3.05) is 0 Å². The molecule has 0 radical (unpaired) electrons. The molecule has 5 unspecified atom stereocenters. The van der Waals surface area contributed by atoms with E-state index in [0.717, 1.165) is 29.1 Å². The lowest BCUT2D eigenvalue weighted by atomic mass is 9.56. The first kappa shape index (κ1) is 6.51. The van der Waals surface area contributed by atoms with Crippen molar-refractivity contribution < 1.29 is 0 Å². The van der Waals surface area contributed by atoms with Crippen LogP contribution in [0.1, 0.15) is 39.5 Å². The van der Waals surface area contributed by atoms with Crippen molar-refractivity contribution in [1.29, 1.82) is 0 Å². The summed E-state index contributed by atoms with van der Waals surface area (Å²) in [4.78, 5) is 0. The zero-order valence-electron chi connectivity index (χ0n) is 7.64. The summed E-state index contributed by atoms with van der Waals surface area (Å²) in [6.45, 7) is 5.02. The smallest absolute Gasteiger partial charge is 0.0263 e. The highest BCUT2D eigenvalue weighted by atomic mass is 14.7. The van der Waals surface area contributed by atoms with Gasteiger partial charge in [-0.25, -0.2) is 0 Å². The van der Waals surface area contributed by atoms with Crippen LogP contribution < -0.4 is 0 Å². The molecule has 0 amide bonds. The van der Waals surface area contributed by atoms with Gasteiger partial charge in [-0.05, 0) is 54.8 Å². The summed E-state index contributed by atoms with van der Waals surface area (Å²) >= 11 is 0. The Kier molecular flexibility index (Phi) is 0.990. The molecule has 0 aromatic carbocycles. The summed E-state index contributed by atoms with van der Waals surface area (Å²) in [5.41, 5.74) is 0.843. The molecule has 3 saturated carbocycles. The van der Waals surface area contributed by atoms with Crippen LogP contribution in [-0.4, -0.2) is 0 Å². The fourth-order valence-electron chi connectivity index (χ4n) is 3.93. The molecular formula is C11H18. The maximum absolute atomic E-state index is 2.54. The number of rotatable bonds is 0. The molecule has 0 heterocycles. The quantitative estimate of drug-likeness (QED) is 0.498. The van der Waals surface area contributed by atoms with E-state index >= 15 is 0 Å². The van der Waals surface area contributed by atoms with Crippen molar-refractivity contribution in [3.63, 3.8) is 0 Å². The number of fused-ring (bicyclic) bond motifs is 3. The van der Waals surface area contributed by atoms with E-state index in [-0.39, 0.29) is 0 Å².